The average molecular weight is 319 g/mol. The van der Waals surface area contributed by atoms with Gasteiger partial charge in [-0.2, -0.15) is 0 Å². The standard InChI is InChI=1S/C15H21Cl2FN2/c1-10(9-20-7-3-4-8-20)19-11(2)14-12(16)5-6-13(18)15(14)17/h5-6,10-11,19H,3-4,7-9H2,1-2H3. The molecule has 0 amide bonds. The Labute approximate surface area is 130 Å². The third-order valence-electron chi connectivity index (χ3n) is 3.78. The summed E-state index contributed by atoms with van der Waals surface area (Å²) in [6, 6.07) is 3.08. The molecule has 1 aliphatic rings. The summed E-state index contributed by atoms with van der Waals surface area (Å²) in [5.41, 5.74) is 0.640. The molecule has 0 saturated carbocycles. The van der Waals surface area contributed by atoms with Gasteiger partial charge < -0.3 is 10.2 Å². The quantitative estimate of drug-likeness (QED) is 0.816. The van der Waals surface area contributed by atoms with Crippen molar-refractivity contribution in [2.45, 2.75) is 38.8 Å². The maximum Gasteiger partial charge on any atom is 0.142 e. The van der Waals surface area contributed by atoms with E-state index in [-0.39, 0.29) is 11.1 Å². The van der Waals surface area contributed by atoms with Crippen LogP contribution in [0.2, 0.25) is 10.0 Å². The third-order valence-corrected chi connectivity index (χ3v) is 4.49. The van der Waals surface area contributed by atoms with Gasteiger partial charge in [0.25, 0.3) is 0 Å². The fraction of sp³-hybridized carbons (Fsp3) is 0.600. The second-order valence-corrected chi connectivity index (χ2v) is 6.34. The Morgan fingerprint density at radius 1 is 1.25 bits per heavy atom. The lowest BCUT2D eigenvalue weighted by Crippen LogP contribution is -2.39. The van der Waals surface area contributed by atoms with E-state index in [1.165, 1.54) is 32.0 Å². The van der Waals surface area contributed by atoms with Gasteiger partial charge in [0, 0.05) is 29.2 Å². The number of rotatable bonds is 5. The molecule has 2 unspecified atom stereocenters. The second kappa shape index (κ2) is 7.08. The highest BCUT2D eigenvalue weighted by Gasteiger charge is 2.20. The van der Waals surface area contributed by atoms with E-state index in [9.17, 15) is 4.39 Å². The first kappa shape index (κ1) is 16.0. The van der Waals surface area contributed by atoms with Crippen LogP contribution in [0.25, 0.3) is 0 Å². The number of benzene rings is 1. The number of hydrogen-bond donors (Lipinski definition) is 1. The summed E-state index contributed by atoms with van der Waals surface area (Å²) in [6.07, 6.45) is 2.56. The number of nitrogens with one attached hydrogen (secondary N) is 1. The molecule has 0 radical (unpaired) electrons. The normalized spacial score (nSPS) is 19.2. The van der Waals surface area contributed by atoms with E-state index in [0.29, 0.717) is 16.6 Å². The van der Waals surface area contributed by atoms with Crippen molar-refractivity contribution in [3.8, 4) is 0 Å². The minimum atomic E-state index is -0.424. The molecule has 2 nitrogen and oxygen atoms in total. The van der Waals surface area contributed by atoms with E-state index in [2.05, 4.69) is 17.1 Å². The Morgan fingerprint density at radius 3 is 2.55 bits per heavy atom. The van der Waals surface area contributed by atoms with Gasteiger partial charge in [0.05, 0.1) is 5.02 Å². The molecule has 1 fully saturated rings. The lowest BCUT2D eigenvalue weighted by atomic mass is 10.1. The summed E-state index contributed by atoms with van der Waals surface area (Å²) in [6.45, 7) is 7.43. The van der Waals surface area contributed by atoms with Gasteiger partial charge in [0.2, 0.25) is 0 Å². The Morgan fingerprint density at radius 2 is 1.90 bits per heavy atom. The highest BCUT2D eigenvalue weighted by molar-refractivity contribution is 6.36. The molecule has 1 aliphatic heterocycles. The van der Waals surface area contributed by atoms with Gasteiger partial charge in [0.1, 0.15) is 5.82 Å². The average Bonchev–Trinajstić information content (AvgIpc) is 2.87. The van der Waals surface area contributed by atoms with Crippen molar-refractivity contribution in [3.05, 3.63) is 33.6 Å². The predicted molar refractivity (Wildman–Crippen MR) is 83.1 cm³/mol. The van der Waals surface area contributed by atoms with Crippen molar-refractivity contribution in [3.63, 3.8) is 0 Å². The molecule has 0 aliphatic carbocycles. The van der Waals surface area contributed by atoms with Crippen molar-refractivity contribution < 1.29 is 4.39 Å². The van der Waals surface area contributed by atoms with E-state index in [4.69, 9.17) is 23.2 Å². The molecule has 0 bridgehead atoms. The maximum absolute atomic E-state index is 13.6. The lowest BCUT2D eigenvalue weighted by molar-refractivity contribution is 0.289. The minimum Gasteiger partial charge on any atom is -0.306 e. The van der Waals surface area contributed by atoms with E-state index in [1.807, 2.05) is 6.92 Å². The van der Waals surface area contributed by atoms with Crippen LogP contribution in [0.15, 0.2) is 12.1 Å². The van der Waals surface area contributed by atoms with Crippen molar-refractivity contribution in [2.24, 2.45) is 0 Å². The zero-order chi connectivity index (χ0) is 14.7. The van der Waals surface area contributed by atoms with E-state index < -0.39 is 5.82 Å². The first-order valence-corrected chi connectivity index (χ1v) is 7.86. The Balaban J connectivity index is 2.00. The van der Waals surface area contributed by atoms with Crippen LogP contribution in [0.1, 0.15) is 38.3 Å². The Kier molecular flexibility index (Phi) is 5.67. The number of halogens is 3. The summed E-state index contributed by atoms with van der Waals surface area (Å²) in [5, 5.41) is 4.08. The van der Waals surface area contributed by atoms with Gasteiger partial charge in [-0.3, -0.25) is 0 Å². The third kappa shape index (κ3) is 3.85. The molecule has 1 saturated heterocycles. The predicted octanol–water partition coefficient (Wildman–Crippen LogP) is 4.27. The lowest BCUT2D eigenvalue weighted by Gasteiger charge is -2.25. The summed E-state index contributed by atoms with van der Waals surface area (Å²) in [7, 11) is 0. The smallest absolute Gasteiger partial charge is 0.142 e. The van der Waals surface area contributed by atoms with Crippen LogP contribution in [-0.4, -0.2) is 30.6 Å². The highest BCUT2D eigenvalue weighted by atomic mass is 35.5. The molecule has 112 valence electrons. The fourth-order valence-corrected chi connectivity index (χ4v) is 3.55. The Hall–Kier alpha value is -0.350. The molecular weight excluding hydrogens is 298 g/mol. The van der Waals surface area contributed by atoms with Gasteiger partial charge in [-0.15, -0.1) is 0 Å². The van der Waals surface area contributed by atoms with Crippen molar-refractivity contribution in [2.75, 3.05) is 19.6 Å². The fourth-order valence-electron chi connectivity index (χ4n) is 2.85. The zero-order valence-corrected chi connectivity index (χ0v) is 13.4. The van der Waals surface area contributed by atoms with E-state index >= 15 is 0 Å². The first-order chi connectivity index (χ1) is 9.49. The Bertz CT molecular complexity index is 461. The van der Waals surface area contributed by atoms with Crippen molar-refractivity contribution in [1.82, 2.24) is 10.2 Å². The molecule has 1 aromatic rings. The van der Waals surface area contributed by atoms with E-state index in [0.717, 1.165) is 6.54 Å². The molecule has 1 heterocycles. The van der Waals surface area contributed by atoms with Crippen LogP contribution in [-0.2, 0) is 0 Å². The summed E-state index contributed by atoms with van der Waals surface area (Å²) in [4.78, 5) is 2.44. The zero-order valence-electron chi connectivity index (χ0n) is 11.9. The summed E-state index contributed by atoms with van der Waals surface area (Å²) >= 11 is 12.2. The van der Waals surface area contributed by atoms with Crippen LogP contribution in [0.4, 0.5) is 4.39 Å². The van der Waals surface area contributed by atoms with Gasteiger partial charge in [-0.25, -0.2) is 4.39 Å². The molecule has 0 spiro atoms. The highest BCUT2D eigenvalue weighted by Crippen LogP contribution is 2.32. The van der Waals surface area contributed by atoms with Crippen LogP contribution in [0.3, 0.4) is 0 Å². The minimum absolute atomic E-state index is 0.0803. The number of nitrogens with zero attached hydrogens (tertiary/aromatic N) is 1. The summed E-state index contributed by atoms with van der Waals surface area (Å²) < 4.78 is 13.6. The molecule has 2 rings (SSSR count). The van der Waals surface area contributed by atoms with Gasteiger partial charge in [0.15, 0.2) is 0 Å². The topological polar surface area (TPSA) is 15.3 Å². The molecule has 5 heteroatoms. The second-order valence-electron chi connectivity index (χ2n) is 5.55. The van der Waals surface area contributed by atoms with Gasteiger partial charge in [-0.05, 0) is 51.9 Å². The van der Waals surface area contributed by atoms with Crippen LogP contribution >= 0.6 is 23.2 Å². The molecular formula is C15H21Cl2FN2. The van der Waals surface area contributed by atoms with Crippen LogP contribution < -0.4 is 5.32 Å². The van der Waals surface area contributed by atoms with Crippen LogP contribution in [0.5, 0.6) is 0 Å². The van der Waals surface area contributed by atoms with E-state index in [1.54, 1.807) is 6.07 Å². The maximum atomic E-state index is 13.6. The summed E-state index contributed by atoms with van der Waals surface area (Å²) in [5.74, 6) is -0.424. The van der Waals surface area contributed by atoms with Crippen molar-refractivity contribution in [1.29, 1.82) is 0 Å². The van der Waals surface area contributed by atoms with Gasteiger partial charge in [-0.1, -0.05) is 23.2 Å². The van der Waals surface area contributed by atoms with Crippen LogP contribution in [0, 0.1) is 5.82 Å². The number of hydrogen-bond acceptors (Lipinski definition) is 2. The molecule has 1 aromatic carbocycles. The molecule has 2 atom stereocenters. The largest absolute Gasteiger partial charge is 0.306 e. The number of likely N-dealkylation sites (tertiary alicyclic amines) is 1. The van der Waals surface area contributed by atoms with Gasteiger partial charge >= 0.3 is 0 Å². The molecule has 20 heavy (non-hydrogen) atoms. The van der Waals surface area contributed by atoms with Crippen molar-refractivity contribution >= 4 is 23.2 Å². The molecule has 0 aromatic heterocycles. The molecule has 1 N–H and O–H groups in total. The monoisotopic (exact) mass is 318 g/mol. The first-order valence-electron chi connectivity index (χ1n) is 7.11. The SMILES string of the molecule is CC(CN1CCCC1)NC(C)c1c(Cl)ccc(F)c1Cl.